The maximum atomic E-state index is 13.4. The Labute approximate surface area is 115 Å². The first-order valence-electron chi connectivity index (χ1n) is 5.82. The molecule has 0 bridgehead atoms. The van der Waals surface area contributed by atoms with Gasteiger partial charge in [0.05, 0.1) is 11.3 Å². The number of phenolic OH excluding ortho intramolecular Hbond substituents is 1. The lowest BCUT2D eigenvalue weighted by molar-refractivity contribution is 0.102. The van der Waals surface area contributed by atoms with E-state index in [1.807, 2.05) is 0 Å². The predicted molar refractivity (Wildman–Crippen MR) is 71.9 cm³/mol. The van der Waals surface area contributed by atoms with Gasteiger partial charge in [0.1, 0.15) is 23.2 Å². The van der Waals surface area contributed by atoms with E-state index < -0.39 is 11.7 Å². The van der Waals surface area contributed by atoms with Gasteiger partial charge in [-0.15, -0.1) is 0 Å². The third-order valence-corrected chi connectivity index (χ3v) is 2.77. The molecule has 2 rings (SSSR count). The number of hydrogen-bond donors (Lipinski definition) is 2. The number of nitriles is 1. The van der Waals surface area contributed by atoms with Crippen molar-refractivity contribution in [1.29, 1.82) is 5.26 Å². The smallest absolute Gasteiger partial charge is 0.259 e. The number of phenols is 1. The van der Waals surface area contributed by atoms with Crippen LogP contribution in [0.25, 0.3) is 0 Å². The van der Waals surface area contributed by atoms with E-state index in [-0.39, 0.29) is 22.6 Å². The molecule has 0 spiro atoms. The molecular weight excluding hydrogens is 259 g/mol. The lowest BCUT2D eigenvalue weighted by atomic mass is 10.1. The number of amides is 1. The van der Waals surface area contributed by atoms with Crippen LogP contribution >= 0.6 is 0 Å². The number of carbonyl (C=O) groups is 1. The zero-order chi connectivity index (χ0) is 14.7. The Bertz CT molecular complexity index is 720. The Morgan fingerprint density at radius 1 is 1.35 bits per heavy atom. The molecule has 0 fully saturated rings. The first kappa shape index (κ1) is 13.6. The van der Waals surface area contributed by atoms with Crippen LogP contribution in [0.4, 0.5) is 10.1 Å². The fourth-order valence-corrected chi connectivity index (χ4v) is 1.76. The van der Waals surface area contributed by atoms with Gasteiger partial charge < -0.3 is 10.4 Å². The second-order valence-electron chi connectivity index (χ2n) is 4.25. The number of carbonyl (C=O) groups excluding carboxylic acids is 1. The van der Waals surface area contributed by atoms with Crippen LogP contribution in [0.2, 0.25) is 0 Å². The summed E-state index contributed by atoms with van der Waals surface area (Å²) >= 11 is 0. The van der Waals surface area contributed by atoms with Crippen LogP contribution in [0, 0.1) is 24.1 Å². The maximum absolute atomic E-state index is 13.4. The number of anilines is 1. The third kappa shape index (κ3) is 2.59. The molecule has 2 aromatic rings. The van der Waals surface area contributed by atoms with Crippen molar-refractivity contribution in [2.75, 3.05) is 5.32 Å². The van der Waals surface area contributed by atoms with Crippen molar-refractivity contribution in [3.63, 3.8) is 0 Å². The number of benzene rings is 2. The highest BCUT2D eigenvalue weighted by atomic mass is 19.1. The van der Waals surface area contributed by atoms with Crippen LogP contribution in [0.15, 0.2) is 36.4 Å². The van der Waals surface area contributed by atoms with E-state index in [1.165, 1.54) is 24.3 Å². The molecule has 0 atom stereocenters. The molecule has 2 N–H and O–H groups in total. The minimum Gasteiger partial charge on any atom is -0.507 e. The lowest BCUT2D eigenvalue weighted by Crippen LogP contribution is -2.13. The standard InChI is InChI=1S/C15H11FN2O2/c1-9-5-6-14(19)10(7-9)15(20)18-13-4-2-3-12(16)11(13)8-17/h2-7,19H,1H3,(H,18,20). The summed E-state index contributed by atoms with van der Waals surface area (Å²) in [5.74, 6) is -1.49. The summed E-state index contributed by atoms with van der Waals surface area (Å²) in [4.78, 5) is 12.1. The van der Waals surface area contributed by atoms with Crippen LogP contribution in [-0.4, -0.2) is 11.0 Å². The van der Waals surface area contributed by atoms with E-state index >= 15 is 0 Å². The molecule has 4 nitrogen and oxygen atoms in total. The van der Waals surface area contributed by atoms with Crippen molar-refractivity contribution >= 4 is 11.6 Å². The van der Waals surface area contributed by atoms with Gasteiger partial charge in [-0.2, -0.15) is 5.26 Å². The van der Waals surface area contributed by atoms with Crippen LogP contribution in [-0.2, 0) is 0 Å². The molecule has 0 unspecified atom stereocenters. The molecule has 5 heteroatoms. The van der Waals surface area contributed by atoms with Crippen LogP contribution < -0.4 is 5.32 Å². The molecule has 2 aromatic carbocycles. The number of rotatable bonds is 2. The van der Waals surface area contributed by atoms with Gasteiger partial charge in [-0.1, -0.05) is 17.7 Å². The Kier molecular flexibility index (Phi) is 3.67. The van der Waals surface area contributed by atoms with E-state index in [1.54, 1.807) is 19.1 Å². The van der Waals surface area contributed by atoms with Gasteiger partial charge in [0.15, 0.2) is 0 Å². The van der Waals surface area contributed by atoms with Crippen molar-refractivity contribution in [3.8, 4) is 11.8 Å². The van der Waals surface area contributed by atoms with E-state index in [9.17, 15) is 14.3 Å². The Morgan fingerprint density at radius 3 is 2.80 bits per heavy atom. The highest BCUT2D eigenvalue weighted by molar-refractivity contribution is 6.06. The van der Waals surface area contributed by atoms with Gasteiger partial charge in [0.2, 0.25) is 0 Å². The SMILES string of the molecule is Cc1ccc(O)c(C(=O)Nc2cccc(F)c2C#N)c1. The number of aromatic hydroxyl groups is 1. The van der Waals surface area contributed by atoms with Crippen LogP contribution in [0.5, 0.6) is 5.75 Å². The van der Waals surface area contributed by atoms with Crippen molar-refractivity contribution in [1.82, 2.24) is 0 Å². The van der Waals surface area contributed by atoms with Crippen LogP contribution in [0.3, 0.4) is 0 Å². The lowest BCUT2D eigenvalue weighted by Gasteiger charge is -2.09. The van der Waals surface area contributed by atoms with Gasteiger partial charge >= 0.3 is 0 Å². The summed E-state index contributed by atoms with van der Waals surface area (Å²) in [6.45, 7) is 1.78. The second-order valence-corrected chi connectivity index (χ2v) is 4.25. The number of aryl methyl sites for hydroxylation is 1. The number of nitrogens with zero attached hydrogens (tertiary/aromatic N) is 1. The largest absolute Gasteiger partial charge is 0.507 e. The van der Waals surface area contributed by atoms with Crippen molar-refractivity contribution in [2.24, 2.45) is 0 Å². The highest BCUT2D eigenvalue weighted by Gasteiger charge is 2.15. The quantitative estimate of drug-likeness (QED) is 0.881. The molecule has 0 saturated carbocycles. The summed E-state index contributed by atoms with van der Waals surface area (Å²) in [6, 6.07) is 10.2. The summed E-state index contributed by atoms with van der Waals surface area (Å²) in [5.41, 5.74) is 0.692. The number of halogens is 1. The topological polar surface area (TPSA) is 73.1 Å². The fraction of sp³-hybridized carbons (Fsp3) is 0.0667. The summed E-state index contributed by atoms with van der Waals surface area (Å²) in [7, 11) is 0. The first-order chi connectivity index (χ1) is 9.52. The van der Waals surface area contributed by atoms with Gasteiger partial charge in [-0.05, 0) is 31.2 Å². The first-order valence-corrected chi connectivity index (χ1v) is 5.82. The molecule has 0 saturated heterocycles. The molecule has 0 aliphatic rings. The molecule has 0 heterocycles. The normalized spacial score (nSPS) is 9.85. The molecule has 20 heavy (non-hydrogen) atoms. The Hall–Kier alpha value is -2.87. The van der Waals surface area contributed by atoms with Crippen molar-refractivity contribution in [2.45, 2.75) is 6.92 Å². The Morgan fingerprint density at radius 2 is 2.10 bits per heavy atom. The maximum Gasteiger partial charge on any atom is 0.259 e. The minimum absolute atomic E-state index is 0.0677. The molecule has 0 aromatic heterocycles. The predicted octanol–water partition coefficient (Wildman–Crippen LogP) is 2.96. The third-order valence-electron chi connectivity index (χ3n) is 2.77. The highest BCUT2D eigenvalue weighted by Crippen LogP contribution is 2.22. The van der Waals surface area contributed by atoms with Crippen LogP contribution in [0.1, 0.15) is 21.5 Å². The molecule has 0 aliphatic carbocycles. The van der Waals surface area contributed by atoms with E-state index in [4.69, 9.17) is 5.26 Å². The second kappa shape index (κ2) is 5.41. The Balaban J connectivity index is 2.36. The van der Waals surface area contributed by atoms with Gasteiger partial charge in [0.25, 0.3) is 5.91 Å². The minimum atomic E-state index is -0.709. The van der Waals surface area contributed by atoms with Gasteiger partial charge in [-0.3, -0.25) is 4.79 Å². The number of nitrogens with one attached hydrogen (secondary N) is 1. The zero-order valence-electron chi connectivity index (χ0n) is 10.6. The van der Waals surface area contributed by atoms with Gasteiger partial charge in [-0.25, -0.2) is 4.39 Å². The molecule has 1 amide bonds. The van der Waals surface area contributed by atoms with Crippen molar-refractivity contribution < 1.29 is 14.3 Å². The molecular formula is C15H11FN2O2. The summed E-state index contributed by atoms with van der Waals surface area (Å²) in [5, 5.41) is 21.0. The van der Waals surface area contributed by atoms with E-state index in [2.05, 4.69) is 5.32 Å². The average molecular weight is 270 g/mol. The average Bonchev–Trinajstić information content (AvgIpc) is 2.41. The summed E-state index contributed by atoms with van der Waals surface area (Å²) in [6.07, 6.45) is 0. The zero-order valence-corrected chi connectivity index (χ0v) is 10.6. The van der Waals surface area contributed by atoms with E-state index in [0.29, 0.717) is 0 Å². The summed E-state index contributed by atoms with van der Waals surface area (Å²) < 4.78 is 13.4. The van der Waals surface area contributed by atoms with E-state index in [0.717, 1.165) is 11.6 Å². The van der Waals surface area contributed by atoms with Gasteiger partial charge in [0, 0.05) is 0 Å². The monoisotopic (exact) mass is 270 g/mol. The van der Waals surface area contributed by atoms with Crippen molar-refractivity contribution in [3.05, 3.63) is 58.9 Å². The fourth-order valence-electron chi connectivity index (χ4n) is 1.76. The molecule has 0 radical (unpaired) electrons. The molecule has 100 valence electrons. The molecule has 0 aliphatic heterocycles. The number of hydrogen-bond acceptors (Lipinski definition) is 3.